The average molecular weight is 245 g/mol. The zero-order valence-corrected chi connectivity index (χ0v) is 11.1. The molecule has 0 saturated carbocycles. The maximum atomic E-state index is 4.60. The summed E-state index contributed by atoms with van der Waals surface area (Å²) in [6.07, 6.45) is 3.90. The van der Waals surface area contributed by atoms with Crippen molar-refractivity contribution in [1.82, 2.24) is 20.1 Å². The van der Waals surface area contributed by atoms with Crippen LogP contribution in [0.4, 0.5) is 5.82 Å². The van der Waals surface area contributed by atoms with Gasteiger partial charge in [-0.1, -0.05) is 6.07 Å². The lowest BCUT2D eigenvalue weighted by molar-refractivity contribution is 0.765. The van der Waals surface area contributed by atoms with Crippen LogP contribution >= 0.6 is 0 Å². The monoisotopic (exact) mass is 245 g/mol. The molecular formula is C13H19N5. The Hall–Kier alpha value is -1.88. The normalized spacial score (nSPS) is 10.6. The summed E-state index contributed by atoms with van der Waals surface area (Å²) in [5.74, 6) is 0.978. The fourth-order valence-corrected chi connectivity index (χ4v) is 1.87. The zero-order chi connectivity index (χ0) is 13.0. The highest BCUT2D eigenvalue weighted by Crippen LogP contribution is 2.12. The van der Waals surface area contributed by atoms with Crippen LogP contribution in [0.1, 0.15) is 11.3 Å². The molecule has 2 aromatic rings. The SMILES string of the molecule is CNCc1cccc(N(C)Cc2cnn(C)c2)n1. The van der Waals surface area contributed by atoms with Gasteiger partial charge in [0.25, 0.3) is 0 Å². The van der Waals surface area contributed by atoms with Gasteiger partial charge in [-0.15, -0.1) is 0 Å². The summed E-state index contributed by atoms with van der Waals surface area (Å²) in [5.41, 5.74) is 2.23. The van der Waals surface area contributed by atoms with Gasteiger partial charge in [-0.3, -0.25) is 4.68 Å². The van der Waals surface area contributed by atoms with Crippen molar-refractivity contribution in [3.8, 4) is 0 Å². The highest BCUT2D eigenvalue weighted by atomic mass is 15.2. The molecule has 0 atom stereocenters. The molecule has 2 rings (SSSR count). The van der Waals surface area contributed by atoms with Gasteiger partial charge in [-0.05, 0) is 19.2 Å². The number of nitrogens with zero attached hydrogens (tertiary/aromatic N) is 4. The quantitative estimate of drug-likeness (QED) is 0.859. The summed E-state index contributed by atoms with van der Waals surface area (Å²) >= 11 is 0. The summed E-state index contributed by atoms with van der Waals surface area (Å²) in [6, 6.07) is 6.09. The van der Waals surface area contributed by atoms with Crippen LogP contribution < -0.4 is 10.2 Å². The molecule has 0 aliphatic heterocycles. The molecule has 0 unspecified atom stereocenters. The molecule has 0 bridgehead atoms. The number of hydrogen-bond acceptors (Lipinski definition) is 4. The van der Waals surface area contributed by atoms with E-state index >= 15 is 0 Å². The summed E-state index contributed by atoms with van der Waals surface area (Å²) in [4.78, 5) is 6.72. The third kappa shape index (κ3) is 3.07. The molecule has 96 valence electrons. The van der Waals surface area contributed by atoms with Gasteiger partial charge in [0.05, 0.1) is 11.9 Å². The minimum absolute atomic E-state index is 0.786. The van der Waals surface area contributed by atoms with Crippen LogP contribution in [0.15, 0.2) is 30.6 Å². The first-order valence-electron chi connectivity index (χ1n) is 5.98. The van der Waals surface area contributed by atoms with Crippen molar-refractivity contribution in [3.63, 3.8) is 0 Å². The van der Waals surface area contributed by atoms with Gasteiger partial charge in [0.15, 0.2) is 0 Å². The fourth-order valence-electron chi connectivity index (χ4n) is 1.87. The van der Waals surface area contributed by atoms with Crippen molar-refractivity contribution in [1.29, 1.82) is 0 Å². The van der Waals surface area contributed by atoms with Crippen molar-refractivity contribution < 1.29 is 0 Å². The molecule has 0 radical (unpaired) electrons. The number of rotatable bonds is 5. The number of nitrogens with one attached hydrogen (secondary N) is 1. The molecule has 0 amide bonds. The Bertz CT molecular complexity index is 506. The van der Waals surface area contributed by atoms with Gasteiger partial charge in [0, 0.05) is 38.9 Å². The molecule has 0 aromatic carbocycles. The highest BCUT2D eigenvalue weighted by molar-refractivity contribution is 5.39. The predicted molar refractivity (Wildman–Crippen MR) is 72.3 cm³/mol. The van der Waals surface area contributed by atoms with E-state index in [4.69, 9.17) is 0 Å². The van der Waals surface area contributed by atoms with Crippen LogP contribution in [0.5, 0.6) is 0 Å². The van der Waals surface area contributed by atoms with E-state index in [1.54, 1.807) is 0 Å². The maximum Gasteiger partial charge on any atom is 0.128 e. The van der Waals surface area contributed by atoms with Crippen LogP contribution in [0, 0.1) is 0 Å². The standard InChI is InChI=1S/C13H19N5/c1-14-8-12-5-4-6-13(16-12)17(2)9-11-7-15-18(3)10-11/h4-7,10,14H,8-9H2,1-3H3. The lowest BCUT2D eigenvalue weighted by Crippen LogP contribution is -2.18. The van der Waals surface area contributed by atoms with Crippen LogP contribution in [0.3, 0.4) is 0 Å². The smallest absolute Gasteiger partial charge is 0.128 e. The molecule has 0 fully saturated rings. The molecule has 2 aromatic heterocycles. The molecule has 0 aliphatic rings. The Morgan fingerprint density at radius 1 is 1.39 bits per heavy atom. The van der Waals surface area contributed by atoms with Crippen molar-refractivity contribution in [2.24, 2.45) is 7.05 Å². The Balaban J connectivity index is 2.08. The van der Waals surface area contributed by atoms with E-state index in [-0.39, 0.29) is 0 Å². The number of pyridine rings is 1. The second kappa shape index (κ2) is 5.64. The Morgan fingerprint density at radius 2 is 2.22 bits per heavy atom. The van der Waals surface area contributed by atoms with E-state index in [1.165, 1.54) is 5.56 Å². The summed E-state index contributed by atoms with van der Waals surface area (Å²) in [7, 11) is 5.89. The third-order valence-corrected chi connectivity index (χ3v) is 2.72. The van der Waals surface area contributed by atoms with Crippen molar-refractivity contribution in [2.45, 2.75) is 13.1 Å². The Kier molecular flexibility index (Phi) is 3.94. The third-order valence-electron chi connectivity index (χ3n) is 2.72. The minimum Gasteiger partial charge on any atom is -0.355 e. The van der Waals surface area contributed by atoms with Crippen LogP contribution in [0.25, 0.3) is 0 Å². The fraction of sp³-hybridized carbons (Fsp3) is 0.385. The number of aromatic nitrogens is 3. The van der Waals surface area contributed by atoms with E-state index in [1.807, 2.05) is 56.4 Å². The van der Waals surface area contributed by atoms with Gasteiger partial charge in [-0.2, -0.15) is 5.10 Å². The highest BCUT2D eigenvalue weighted by Gasteiger charge is 2.05. The second-order valence-electron chi connectivity index (χ2n) is 4.40. The molecule has 1 N–H and O–H groups in total. The predicted octanol–water partition coefficient (Wildman–Crippen LogP) is 1.17. The Morgan fingerprint density at radius 3 is 2.89 bits per heavy atom. The van der Waals surface area contributed by atoms with E-state index in [2.05, 4.69) is 20.3 Å². The zero-order valence-electron chi connectivity index (χ0n) is 11.1. The lowest BCUT2D eigenvalue weighted by Gasteiger charge is -2.17. The first-order valence-corrected chi connectivity index (χ1v) is 5.98. The van der Waals surface area contributed by atoms with Crippen molar-refractivity contribution in [2.75, 3.05) is 19.0 Å². The van der Waals surface area contributed by atoms with Gasteiger partial charge in [0.2, 0.25) is 0 Å². The van der Waals surface area contributed by atoms with E-state index in [0.717, 1.165) is 24.6 Å². The van der Waals surface area contributed by atoms with Crippen LogP contribution in [0.2, 0.25) is 0 Å². The number of aryl methyl sites for hydroxylation is 1. The summed E-state index contributed by atoms with van der Waals surface area (Å²) in [5, 5.41) is 7.28. The van der Waals surface area contributed by atoms with E-state index in [9.17, 15) is 0 Å². The Labute approximate surface area is 107 Å². The molecule has 18 heavy (non-hydrogen) atoms. The molecular weight excluding hydrogens is 226 g/mol. The second-order valence-corrected chi connectivity index (χ2v) is 4.40. The number of anilines is 1. The average Bonchev–Trinajstić information content (AvgIpc) is 2.75. The summed E-state index contributed by atoms with van der Waals surface area (Å²) < 4.78 is 1.81. The molecule has 0 saturated heterocycles. The van der Waals surface area contributed by atoms with E-state index < -0.39 is 0 Å². The first-order chi connectivity index (χ1) is 8.69. The van der Waals surface area contributed by atoms with Gasteiger partial charge in [0.1, 0.15) is 5.82 Å². The van der Waals surface area contributed by atoms with Gasteiger partial charge < -0.3 is 10.2 Å². The van der Waals surface area contributed by atoms with Crippen molar-refractivity contribution >= 4 is 5.82 Å². The topological polar surface area (TPSA) is 46.0 Å². The molecule has 0 spiro atoms. The van der Waals surface area contributed by atoms with Gasteiger partial charge >= 0.3 is 0 Å². The maximum absolute atomic E-state index is 4.60. The molecule has 5 nitrogen and oxygen atoms in total. The first kappa shape index (κ1) is 12.6. The van der Waals surface area contributed by atoms with Crippen molar-refractivity contribution in [3.05, 3.63) is 41.9 Å². The molecule has 5 heteroatoms. The minimum atomic E-state index is 0.786. The summed E-state index contributed by atoms with van der Waals surface area (Å²) in [6.45, 7) is 1.60. The lowest BCUT2D eigenvalue weighted by atomic mass is 10.3. The molecule has 0 aliphatic carbocycles. The number of hydrogen-bond donors (Lipinski definition) is 1. The van der Waals surface area contributed by atoms with Crippen LogP contribution in [-0.2, 0) is 20.1 Å². The van der Waals surface area contributed by atoms with E-state index in [0.29, 0.717) is 0 Å². The van der Waals surface area contributed by atoms with Gasteiger partial charge in [-0.25, -0.2) is 4.98 Å². The largest absolute Gasteiger partial charge is 0.355 e. The van der Waals surface area contributed by atoms with Crippen LogP contribution in [-0.4, -0.2) is 28.9 Å². The molecule has 2 heterocycles.